The molecule has 0 bridgehead atoms. The fourth-order valence-corrected chi connectivity index (χ4v) is 4.13. The van der Waals surface area contributed by atoms with E-state index in [1.54, 1.807) is 11.4 Å². The molecule has 1 aliphatic rings. The second kappa shape index (κ2) is 10.9. The predicted molar refractivity (Wildman–Crippen MR) is 110 cm³/mol. The summed E-state index contributed by atoms with van der Waals surface area (Å²) in [4.78, 5) is 4.16. The van der Waals surface area contributed by atoms with Crippen LogP contribution in [-0.4, -0.2) is 57.7 Å². The molecule has 0 saturated carbocycles. The van der Waals surface area contributed by atoms with Gasteiger partial charge in [-0.15, -0.1) is 24.0 Å². The van der Waals surface area contributed by atoms with E-state index in [2.05, 4.69) is 39.9 Å². The Hall–Kier alpha value is -0.870. The zero-order valence-corrected chi connectivity index (χ0v) is 17.2. The molecule has 136 valence electrons. The highest BCUT2D eigenvalue weighted by atomic mass is 127. The predicted octanol–water partition coefficient (Wildman–Crippen LogP) is 1.44. The maximum atomic E-state index is 11.7. The van der Waals surface area contributed by atoms with Gasteiger partial charge < -0.3 is 10.6 Å². The van der Waals surface area contributed by atoms with Crippen molar-refractivity contribution in [2.24, 2.45) is 4.99 Å². The number of nitrogens with one attached hydrogen (secondary N) is 2. The minimum absolute atomic E-state index is 0. The Morgan fingerprint density at radius 1 is 1.21 bits per heavy atom. The van der Waals surface area contributed by atoms with E-state index in [1.807, 2.05) is 6.07 Å². The number of hydrogen-bond donors (Lipinski definition) is 2. The smallest absolute Gasteiger partial charge is 0.214 e. The van der Waals surface area contributed by atoms with Gasteiger partial charge in [0.1, 0.15) is 0 Å². The van der Waals surface area contributed by atoms with Gasteiger partial charge in [0.25, 0.3) is 0 Å². The van der Waals surface area contributed by atoms with Crippen LogP contribution < -0.4 is 10.6 Å². The van der Waals surface area contributed by atoms with Crippen molar-refractivity contribution in [2.45, 2.75) is 19.3 Å². The number of halogens is 1. The van der Waals surface area contributed by atoms with Gasteiger partial charge in [-0.25, -0.2) is 12.7 Å². The van der Waals surface area contributed by atoms with Gasteiger partial charge in [-0.3, -0.25) is 4.99 Å². The number of aryl methyl sites for hydroxylation is 1. The van der Waals surface area contributed by atoms with Gasteiger partial charge in [0.15, 0.2) is 5.96 Å². The lowest BCUT2D eigenvalue weighted by atomic mass is 10.1. The van der Waals surface area contributed by atoms with E-state index in [-0.39, 0.29) is 29.7 Å². The molecular weight excluding hydrogens is 439 g/mol. The molecule has 0 radical (unpaired) electrons. The fourth-order valence-electron chi connectivity index (χ4n) is 2.61. The zero-order chi connectivity index (χ0) is 16.5. The van der Waals surface area contributed by atoms with Crippen LogP contribution in [0.2, 0.25) is 0 Å². The third kappa shape index (κ3) is 6.94. The molecule has 24 heavy (non-hydrogen) atoms. The first-order valence-corrected chi connectivity index (χ1v) is 9.69. The van der Waals surface area contributed by atoms with E-state index in [1.165, 1.54) is 5.56 Å². The average molecular weight is 466 g/mol. The summed E-state index contributed by atoms with van der Waals surface area (Å²) < 4.78 is 25.0. The van der Waals surface area contributed by atoms with Crippen LogP contribution >= 0.6 is 24.0 Å². The monoisotopic (exact) mass is 466 g/mol. The Kier molecular flexibility index (Phi) is 9.60. The normalized spacial score (nSPS) is 17.3. The number of nitrogens with zero attached hydrogens (tertiary/aromatic N) is 2. The van der Waals surface area contributed by atoms with Crippen molar-refractivity contribution >= 4 is 40.0 Å². The number of aliphatic imine (C=N–C) groups is 1. The van der Waals surface area contributed by atoms with E-state index in [0.29, 0.717) is 19.6 Å². The Bertz CT molecular complexity index is 608. The van der Waals surface area contributed by atoms with Crippen LogP contribution in [0.4, 0.5) is 0 Å². The lowest BCUT2D eigenvalue weighted by Gasteiger charge is -2.16. The van der Waals surface area contributed by atoms with Crippen LogP contribution in [0.3, 0.4) is 0 Å². The van der Waals surface area contributed by atoms with Crippen LogP contribution in [0, 0.1) is 0 Å². The second-order valence-corrected chi connectivity index (χ2v) is 7.67. The van der Waals surface area contributed by atoms with E-state index < -0.39 is 10.0 Å². The van der Waals surface area contributed by atoms with Gasteiger partial charge in [0.2, 0.25) is 10.0 Å². The third-order valence-corrected chi connectivity index (χ3v) is 5.81. The molecule has 1 aliphatic heterocycles. The maximum Gasteiger partial charge on any atom is 0.214 e. The topological polar surface area (TPSA) is 73.8 Å². The lowest BCUT2D eigenvalue weighted by Crippen LogP contribution is -2.42. The van der Waals surface area contributed by atoms with Crippen LogP contribution in [0.1, 0.15) is 18.4 Å². The first-order valence-electron chi connectivity index (χ1n) is 8.08. The highest BCUT2D eigenvalue weighted by molar-refractivity contribution is 14.0. The lowest BCUT2D eigenvalue weighted by molar-refractivity contribution is 0.445. The summed E-state index contributed by atoms with van der Waals surface area (Å²) in [7, 11) is -1.29. The quantitative estimate of drug-likeness (QED) is 0.276. The highest BCUT2D eigenvalue weighted by Gasteiger charge is 2.27. The summed E-state index contributed by atoms with van der Waals surface area (Å²) in [6, 6.07) is 10.4. The molecule has 0 spiro atoms. The van der Waals surface area contributed by atoms with Crippen LogP contribution in [0.5, 0.6) is 0 Å². The highest BCUT2D eigenvalue weighted by Crippen LogP contribution is 2.11. The van der Waals surface area contributed by atoms with Crippen molar-refractivity contribution in [3.63, 3.8) is 0 Å². The molecular formula is C16H27IN4O2S. The third-order valence-electron chi connectivity index (χ3n) is 3.86. The van der Waals surface area contributed by atoms with E-state index in [4.69, 9.17) is 0 Å². The van der Waals surface area contributed by atoms with Gasteiger partial charge in [-0.05, 0) is 24.8 Å². The largest absolute Gasteiger partial charge is 0.356 e. The van der Waals surface area contributed by atoms with Crippen LogP contribution in [0.15, 0.2) is 35.3 Å². The molecule has 1 saturated heterocycles. The van der Waals surface area contributed by atoms with Gasteiger partial charge in [0, 0.05) is 33.2 Å². The summed E-state index contributed by atoms with van der Waals surface area (Å²) in [5, 5.41) is 6.42. The molecule has 1 heterocycles. The Morgan fingerprint density at radius 2 is 1.92 bits per heavy atom. The molecule has 1 fully saturated rings. The summed E-state index contributed by atoms with van der Waals surface area (Å²) in [5.41, 5.74) is 1.33. The van der Waals surface area contributed by atoms with Gasteiger partial charge in [-0.1, -0.05) is 30.3 Å². The molecule has 6 nitrogen and oxygen atoms in total. The first-order chi connectivity index (χ1) is 11.1. The van der Waals surface area contributed by atoms with Crippen molar-refractivity contribution in [1.29, 1.82) is 0 Å². The number of hydrogen-bond acceptors (Lipinski definition) is 3. The summed E-state index contributed by atoms with van der Waals surface area (Å²) in [6.45, 7) is 2.52. The number of rotatable bonds is 7. The van der Waals surface area contributed by atoms with Crippen molar-refractivity contribution < 1.29 is 8.42 Å². The molecule has 1 aromatic rings. The number of guanidine groups is 1. The van der Waals surface area contributed by atoms with Crippen LogP contribution in [-0.2, 0) is 16.4 Å². The number of sulfonamides is 1. The molecule has 0 aliphatic carbocycles. The minimum Gasteiger partial charge on any atom is -0.356 e. The minimum atomic E-state index is -3.01. The van der Waals surface area contributed by atoms with Gasteiger partial charge in [-0.2, -0.15) is 0 Å². The van der Waals surface area contributed by atoms with Crippen molar-refractivity contribution in [3.05, 3.63) is 35.9 Å². The maximum absolute atomic E-state index is 11.7. The molecule has 8 heteroatoms. The average Bonchev–Trinajstić information content (AvgIpc) is 2.89. The SMILES string of the molecule is CN=C(NCCCc1ccccc1)NCCN1CCCS1(=O)=O.I. The van der Waals surface area contributed by atoms with E-state index in [9.17, 15) is 8.42 Å². The van der Waals surface area contributed by atoms with Gasteiger partial charge in [0.05, 0.1) is 5.75 Å². The molecule has 0 amide bonds. The molecule has 0 unspecified atom stereocenters. The summed E-state index contributed by atoms with van der Waals surface area (Å²) in [6.07, 6.45) is 2.77. The van der Waals surface area contributed by atoms with E-state index >= 15 is 0 Å². The Balaban J connectivity index is 0.00000288. The summed E-state index contributed by atoms with van der Waals surface area (Å²) in [5.74, 6) is 0.995. The first kappa shape index (κ1) is 21.2. The molecule has 2 N–H and O–H groups in total. The molecule has 1 aromatic carbocycles. The second-order valence-electron chi connectivity index (χ2n) is 5.58. The summed E-state index contributed by atoms with van der Waals surface area (Å²) >= 11 is 0. The molecule has 0 atom stereocenters. The molecule has 2 rings (SSSR count). The van der Waals surface area contributed by atoms with Gasteiger partial charge >= 0.3 is 0 Å². The Morgan fingerprint density at radius 3 is 2.54 bits per heavy atom. The molecule has 0 aromatic heterocycles. The number of benzene rings is 1. The zero-order valence-electron chi connectivity index (χ0n) is 14.1. The van der Waals surface area contributed by atoms with Crippen molar-refractivity contribution in [3.8, 4) is 0 Å². The Labute approximate surface area is 162 Å². The fraction of sp³-hybridized carbons (Fsp3) is 0.562. The standard InChI is InChI=1S/C16H26N4O2S.HI/c1-17-16(18-10-5-9-15-7-3-2-4-8-15)19-11-13-20-12-6-14-23(20,21)22;/h2-4,7-8H,5-6,9-14H2,1H3,(H2,17,18,19);1H. The van der Waals surface area contributed by atoms with Crippen molar-refractivity contribution in [2.75, 3.05) is 39.0 Å². The van der Waals surface area contributed by atoms with Crippen LogP contribution in [0.25, 0.3) is 0 Å². The van der Waals surface area contributed by atoms with Crippen molar-refractivity contribution in [1.82, 2.24) is 14.9 Å². The van der Waals surface area contributed by atoms with E-state index in [0.717, 1.165) is 31.8 Å².